The Hall–Kier alpha value is -2.77. The number of aryl methyl sites for hydroxylation is 1. The molecule has 30 heavy (non-hydrogen) atoms. The molecule has 3 aromatic heterocycles. The molecule has 7 nitrogen and oxygen atoms in total. The fraction of sp³-hybridized carbons (Fsp3) is 0.435. The zero-order valence-corrected chi connectivity index (χ0v) is 17.4. The topological polar surface area (TPSA) is 79.8 Å². The Labute approximate surface area is 176 Å². The SMILES string of the molecule is CN1CCN(C(=O)c2c(Cc3ccc4c(n3)C(N)CCC4)nc3ccccn23)CC1. The lowest BCUT2D eigenvalue weighted by atomic mass is 9.92. The molecule has 5 rings (SSSR count). The summed E-state index contributed by atoms with van der Waals surface area (Å²) in [7, 11) is 2.09. The lowest BCUT2D eigenvalue weighted by Gasteiger charge is -2.32. The highest BCUT2D eigenvalue weighted by Gasteiger charge is 2.27. The normalized spacial score (nSPS) is 19.8. The van der Waals surface area contributed by atoms with Crippen molar-refractivity contribution in [3.8, 4) is 0 Å². The molecule has 2 aliphatic rings. The van der Waals surface area contributed by atoms with Crippen LogP contribution in [-0.4, -0.2) is 63.3 Å². The van der Waals surface area contributed by atoms with Gasteiger partial charge >= 0.3 is 0 Å². The highest BCUT2D eigenvalue weighted by molar-refractivity contribution is 5.95. The predicted octanol–water partition coefficient (Wildman–Crippen LogP) is 2.04. The van der Waals surface area contributed by atoms with E-state index in [9.17, 15) is 4.79 Å². The van der Waals surface area contributed by atoms with Crippen molar-refractivity contribution in [2.75, 3.05) is 33.2 Å². The largest absolute Gasteiger partial charge is 0.335 e. The molecule has 1 saturated heterocycles. The maximum Gasteiger partial charge on any atom is 0.272 e. The lowest BCUT2D eigenvalue weighted by molar-refractivity contribution is 0.0656. The van der Waals surface area contributed by atoms with E-state index >= 15 is 0 Å². The van der Waals surface area contributed by atoms with Crippen molar-refractivity contribution in [2.45, 2.75) is 31.7 Å². The fourth-order valence-electron chi connectivity index (χ4n) is 4.55. The number of amides is 1. The van der Waals surface area contributed by atoms with Crippen LogP contribution in [0.5, 0.6) is 0 Å². The predicted molar refractivity (Wildman–Crippen MR) is 116 cm³/mol. The number of likely N-dealkylation sites (N-methyl/N-ethyl adjacent to an activating group) is 1. The Morgan fingerprint density at radius 1 is 1.13 bits per heavy atom. The summed E-state index contributed by atoms with van der Waals surface area (Å²) < 4.78 is 1.92. The summed E-state index contributed by atoms with van der Waals surface area (Å²) >= 11 is 0. The maximum atomic E-state index is 13.5. The number of nitrogens with two attached hydrogens (primary N) is 1. The molecule has 1 unspecified atom stereocenters. The van der Waals surface area contributed by atoms with E-state index in [0.29, 0.717) is 12.1 Å². The van der Waals surface area contributed by atoms with E-state index in [4.69, 9.17) is 15.7 Å². The third kappa shape index (κ3) is 3.48. The average molecular weight is 405 g/mol. The van der Waals surface area contributed by atoms with E-state index in [0.717, 1.165) is 68.2 Å². The number of pyridine rings is 2. The molecule has 0 saturated carbocycles. The molecule has 0 aromatic carbocycles. The Morgan fingerprint density at radius 3 is 2.80 bits per heavy atom. The van der Waals surface area contributed by atoms with Crippen LogP contribution in [0.3, 0.4) is 0 Å². The number of rotatable bonds is 3. The van der Waals surface area contributed by atoms with Gasteiger partial charge in [0.25, 0.3) is 5.91 Å². The number of piperazine rings is 1. The monoisotopic (exact) mass is 404 g/mol. The van der Waals surface area contributed by atoms with Gasteiger partial charge in [-0.1, -0.05) is 12.1 Å². The number of carbonyl (C=O) groups is 1. The molecule has 1 atom stereocenters. The van der Waals surface area contributed by atoms with Gasteiger partial charge in [-0.2, -0.15) is 0 Å². The number of hydrogen-bond acceptors (Lipinski definition) is 5. The fourth-order valence-corrected chi connectivity index (χ4v) is 4.55. The van der Waals surface area contributed by atoms with Crippen LogP contribution in [-0.2, 0) is 12.8 Å². The molecule has 3 aromatic rings. The standard InChI is InChI=1S/C23H28N6O/c1-27-11-13-28(14-12-27)23(30)22-19(26-20-7-2-3-10-29(20)22)15-17-9-8-16-5-4-6-18(24)21(16)25-17/h2-3,7-10,18H,4-6,11-15,24H2,1H3. The number of carbonyl (C=O) groups excluding carboxylic acids is 1. The van der Waals surface area contributed by atoms with E-state index in [1.54, 1.807) is 0 Å². The smallest absolute Gasteiger partial charge is 0.272 e. The summed E-state index contributed by atoms with van der Waals surface area (Å²) in [4.78, 5) is 27.4. The first-order chi connectivity index (χ1) is 14.6. The van der Waals surface area contributed by atoms with E-state index in [2.05, 4.69) is 24.1 Å². The molecule has 156 valence electrons. The van der Waals surface area contributed by atoms with Gasteiger partial charge in [0.05, 0.1) is 11.4 Å². The Balaban J connectivity index is 1.51. The van der Waals surface area contributed by atoms with Gasteiger partial charge in [0, 0.05) is 50.5 Å². The molecule has 7 heteroatoms. The minimum Gasteiger partial charge on any atom is -0.335 e. The third-order valence-corrected chi connectivity index (χ3v) is 6.33. The van der Waals surface area contributed by atoms with Gasteiger partial charge in [-0.15, -0.1) is 0 Å². The molecule has 1 fully saturated rings. The highest BCUT2D eigenvalue weighted by Crippen LogP contribution is 2.27. The van der Waals surface area contributed by atoms with E-state index in [1.165, 1.54) is 5.56 Å². The van der Waals surface area contributed by atoms with Crippen molar-refractivity contribution in [2.24, 2.45) is 5.73 Å². The summed E-state index contributed by atoms with van der Waals surface area (Å²) in [6, 6.07) is 10.0. The second-order valence-electron chi connectivity index (χ2n) is 8.45. The zero-order chi connectivity index (χ0) is 20.7. The summed E-state index contributed by atoms with van der Waals surface area (Å²) in [5.41, 5.74) is 11.7. The number of imidazole rings is 1. The van der Waals surface area contributed by atoms with Gasteiger partial charge in [0.15, 0.2) is 0 Å². The maximum absolute atomic E-state index is 13.5. The van der Waals surface area contributed by atoms with Crippen molar-refractivity contribution in [3.63, 3.8) is 0 Å². The molecule has 0 radical (unpaired) electrons. The summed E-state index contributed by atoms with van der Waals surface area (Å²) in [5.74, 6) is 0.0476. The van der Waals surface area contributed by atoms with Crippen LogP contribution in [0.2, 0.25) is 0 Å². The summed E-state index contributed by atoms with van der Waals surface area (Å²) in [6.45, 7) is 3.26. The van der Waals surface area contributed by atoms with Gasteiger partial charge in [-0.3, -0.25) is 14.2 Å². The van der Waals surface area contributed by atoms with Crippen molar-refractivity contribution in [3.05, 3.63) is 64.9 Å². The molecule has 1 amide bonds. The van der Waals surface area contributed by atoms with Gasteiger partial charge in [0.1, 0.15) is 11.3 Å². The van der Waals surface area contributed by atoms with Crippen LogP contribution in [0.4, 0.5) is 0 Å². The third-order valence-electron chi connectivity index (χ3n) is 6.33. The number of hydrogen-bond donors (Lipinski definition) is 1. The molecule has 0 bridgehead atoms. The van der Waals surface area contributed by atoms with Crippen molar-refractivity contribution in [1.82, 2.24) is 24.2 Å². The van der Waals surface area contributed by atoms with Crippen LogP contribution in [0.1, 0.15) is 52.0 Å². The average Bonchev–Trinajstić information content (AvgIpc) is 3.12. The van der Waals surface area contributed by atoms with Crippen molar-refractivity contribution in [1.29, 1.82) is 0 Å². The minimum atomic E-state index is 0.00112. The minimum absolute atomic E-state index is 0.00112. The first-order valence-corrected chi connectivity index (χ1v) is 10.8. The molecule has 1 aliphatic heterocycles. The number of fused-ring (bicyclic) bond motifs is 2. The molecule has 4 heterocycles. The molecular weight excluding hydrogens is 376 g/mol. The Morgan fingerprint density at radius 2 is 1.97 bits per heavy atom. The van der Waals surface area contributed by atoms with Crippen LogP contribution in [0, 0.1) is 0 Å². The van der Waals surface area contributed by atoms with E-state index in [1.807, 2.05) is 33.7 Å². The van der Waals surface area contributed by atoms with Gasteiger partial charge in [-0.05, 0) is 50.1 Å². The highest BCUT2D eigenvalue weighted by atomic mass is 16.2. The zero-order valence-electron chi connectivity index (χ0n) is 17.4. The van der Waals surface area contributed by atoms with Crippen molar-refractivity contribution < 1.29 is 4.79 Å². The van der Waals surface area contributed by atoms with E-state index in [-0.39, 0.29) is 11.9 Å². The second kappa shape index (κ2) is 7.81. The molecule has 0 spiro atoms. The van der Waals surface area contributed by atoms with Crippen LogP contribution < -0.4 is 5.73 Å². The first kappa shape index (κ1) is 19.2. The molecule has 2 N–H and O–H groups in total. The van der Waals surface area contributed by atoms with Crippen LogP contribution in [0.25, 0.3) is 5.65 Å². The Kier molecular flexibility index (Phi) is 5.00. The Bertz CT molecular complexity index is 1080. The van der Waals surface area contributed by atoms with Crippen LogP contribution >= 0.6 is 0 Å². The quantitative estimate of drug-likeness (QED) is 0.723. The van der Waals surface area contributed by atoms with Gasteiger partial charge < -0.3 is 15.5 Å². The number of aromatic nitrogens is 3. The van der Waals surface area contributed by atoms with Crippen LogP contribution in [0.15, 0.2) is 36.5 Å². The van der Waals surface area contributed by atoms with Gasteiger partial charge in [0.2, 0.25) is 0 Å². The second-order valence-corrected chi connectivity index (χ2v) is 8.45. The lowest BCUT2D eigenvalue weighted by Crippen LogP contribution is -2.47. The molecular formula is C23H28N6O. The van der Waals surface area contributed by atoms with E-state index < -0.39 is 0 Å². The molecule has 1 aliphatic carbocycles. The van der Waals surface area contributed by atoms with Crippen molar-refractivity contribution >= 4 is 11.6 Å². The summed E-state index contributed by atoms with van der Waals surface area (Å²) in [6.07, 6.45) is 5.58. The number of nitrogens with zero attached hydrogens (tertiary/aromatic N) is 5. The summed E-state index contributed by atoms with van der Waals surface area (Å²) in [5, 5.41) is 0. The van der Waals surface area contributed by atoms with Gasteiger partial charge in [-0.25, -0.2) is 4.98 Å². The first-order valence-electron chi connectivity index (χ1n) is 10.8.